The molecule has 0 fully saturated rings. The van der Waals surface area contributed by atoms with E-state index in [0.717, 1.165) is 0 Å². The number of urea groups is 1. The Kier molecular flexibility index (Phi) is 5.11. The van der Waals surface area contributed by atoms with E-state index in [0.29, 0.717) is 18.7 Å². The van der Waals surface area contributed by atoms with Crippen LogP contribution in [0.15, 0.2) is 23.1 Å². The van der Waals surface area contributed by atoms with E-state index in [1.807, 2.05) is 0 Å². The van der Waals surface area contributed by atoms with Crippen molar-refractivity contribution in [3.63, 3.8) is 0 Å². The Morgan fingerprint density at radius 1 is 1.26 bits per heavy atom. The van der Waals surface area contributed by atoms with Crippen LogP contribution < -0.4 is 16.2 Å². The van der Waals surface area contributed by atoms with E-state index < -0.39 is 0 Å². The van der Waals surface area contributed by atoms with E-state index in [4.69, 9.17) is 0 Å². The van der Waals surface area contributed by atoms with Crippen LogP contribution in [0.3, 0.4) is 0 Å². The summed E-state index contributed by atoms with van der Waals surface area (Å²) in [6.45, 7) is 0.626. The molecule has 7 heteroatoms. The van der Waals surface area contributed by atoms with E-state index in [2.05, 4.69) is 10.6 Å². The van der Waals surface area contributed by atoms with Crippen LogP contribution in [-0.4, -0.2) is 48.6 Å². The van der Waals surface area contributed by atoms with Crippen molar-refractivity contribution in [1.82, 2.24) is 20.1 Å². The highest BCUT2D eigenvalue weighted by Crippen LogP contribution is 1.93. The molecule has 0 aliphatic rings. The molecule has 0 saturated heterocycles. The van der Waals surface area contributed by atoms with Crippen molar-refractivity contribution in [3.8, 4) is 0 Å². The minimum absolute atomic E-state index is 0.220. The van der Waals surface area contributed by atoms with Crippen LogP contribution in [-0.2, 0) is 7.05 Å². The summed E-state index contributed by atoms with van der Waals surface area (Å²) in [6, 6.07) is 2.62. The molecule has 0 bridgehead atoms. The first kappa shape index (κ1) is 14.7. The van der Waals surface area contributed by atoms with Crippen molar-refractivity contribution in [2.24, 2.45) is 7.05 Å². The number of pyridine rings is 1. The van der Waals surface area contributed by atoms with Crippen molar-refractivity contribution >= 4 is 11.9 Å². The normalized spacial score (nSPS) is 9.84. The van der Waals surface area contributed by atoms with Gasteiger partial charge >= 0.3 is 6.03 Å². The van der Waals surface area contributed by atoms with Crippen LogP contribution in [0.4, 0.5) is 4.79 Å². The van der Waals surface area contributed by atoms with Crippen LogP contribution in [0.1, 0.15) is 10.4 Å². The van der Waals surface area contributed by atoms with E-state index >= 15 is 0 Å². The summed E-state index contributed by atoms with van der Waals surface area (Å²) in [7, 11) is 4.88. The molecule has 0 aromatic carbocycles. The van der Waals surface area contributed by atoms with Crippen LogP contribution >= 0.6 is 0 Å². The molecule has 1 aromatic heterocycles. The minimum atomic E-state index is -0.336. The summed E-state index contributed by atoms with van der Waals surface area (Å²) in [6.07, 6.45) is 1.53. The maximum Gasteiger partial charge on any atom is 0.316 e. The lowest BCUT2D eigenvalue weighted by Gasteiger charge is -2.12. The number of nitrogens with one attached hydrogen (secondary N) is 2. The molecule has 104 valence electrons. The molecule has 2 N–H and O–H groups in total. The van der Waals surface area contributed by atoms with E-state index in [1.165, 1.54) is 21.7 Å². The van der Waals surface area contributed by atoms with Gasteiger partial charge in [-0.25, -0.2) is 4.79 Å². The molecular formula is C12H18N4O3. The Bertz CT molecular complexity index is 522. The van der Waals surface area contributed by atoms with Gasteiger partial charge in [0.2, 0.25) is 0 Å². The van der Waals surface area contributed by atoms with Gasteiger partial charge in [0, 0.05) is 52.1 Å². The van der Waals surface area contributed by atoms with E-state index in [-0.39, 0.29) is 17.5 Å². The zero-order valence-electron chi connectivity index (χ0n) is 11.3. The molecule has 0 spiro atoms. The predicted molar refractivity (Wildman–Crippen MR) is 71.1 cm³/mol. The van der Waals surface area contributed by atoms with Gasteiger partial charge in [-0.2, -0.15) is 0 Å². The second-order valence-electron chi connectivity index (χ2n) is 4.25. The van der Waals surface area contributed by atoms with Gasteiger partial charge in [-0.3, -0.25) is 9.59 Å². The fraction of sp³-hybridized carbons (Fsp3) is 0.417. The van der Waals surface area contributed by atoms with Gasteiger partial charge in [-0.15, -0.1) is 0 Å². The minimum Gasteiger partial charge on any atom is -0.350 e. The standard InChI is InChI=1S/C12H18N4O3/c1-15(2)12(19)14-6-5-13-11(18)9-4-7-16(3)10(17)8-9/h4,7-8H,5-6H2,1-3H3,(H,13,18)(H,14,19). The number of carbonyl (C=O) groups excluding carboxylic acids is 2. The van der Waals surface area contributed by atoms with Gasteiger partial charge in [0.1, 0.15) is 0 Å². The number of nitrogens with zero attached hydrogens (tertiary/aromatic N) is 2. The lowest BCUT2D eigenvalue weighted by molar-refractivity contribution is 0.0953. The number of aromatic nitrogens is 1. The molecular weight excluding hydrogens is 248 g/mol. The van der Waals surface area contributed by atoms with Gasteiger partial charge in [-0.1, -0.05) is 0 Å². The number of rotatable bonds is 4. The molecule has 7 nitrogen and oxygen atoms in total. The number of hydrogen-bond donors (Lipinski definition) is 2. The highest BCUT2D eigenvalue weighted by Gasteiger charge is 2.06. The second-order valence-corrected chi connectivity index (χ2v) is 4.25. The average molecular weight is 266 g/mol. The Morgan fingerprint density at radius 2 is 1.89 bits per heavy atom. The SMILES string of the molecule is CN(C)C(=O)NCCNC(=O)c1ccn(C)c(=O)c1. The van der Waals surface area contributed by atoms with Crippen LogP contribution in [0.25, 0.3) is 0 Å². The first-order valence-electron chi connectivity index (χ1n) is 5.82. The third kappa shape index (κ3) is 4.46. The van der Waals surface area contributed by atoms with Gasteiger partial charge < -0.3 is 20.1 Å². The first-order chi connectivity index (χ1) is 8.91. The molecule has 0 aliphatic heterocycles. The van der Waals surface area contributed by atoms with Crippen molar-refractivity contribution < 1.29 is 9.59 Å². The summed E-state index contributed by atoms with van der Waals surface area (Å²) in [5, 5.41) is 5.24. The molecule has 0 atom stereocenters. The molecule has 1 rings (SSSR count). The second kappa shape index (κ2) is 6.58. The summed E-state index contributed by atoms with van der Waals surface area (Å²) < 4.78 is 1.38. The quantitative estimate of drug-likeness (QED) is 0.713. The molecule has 3 amide bonds. The van der Waals surface area contributed by atoms with Crippen molar-refractivity contribution in [1.29, 1.82) is 0 Å². The average Bonchev–Trinajstić information content (AvgIpc) is 2.37. The fourth-order valence-electron chi connectivity index (χ4n) is 1.30. The Balaban J connectivity index is 2.41. The van der Waals surface area contributed by atoms with Gasteiger partial charge in [0.05, 0.1) is 0 Å². The van der Waals surface area contributed by atoms with E-state index in [1.54, 1.807) is 27.2 Å². The van der Waals surface area contributed by atoms with Crippen molar-refractivity contribution in [3.05, 3.63) is 34.2 Å². The van der Waals surface area contributed by atoms with Gasteiger partial charge in [-0.05, 0) is 6.07 Å². The zero-order valence-corrected chi connectivity index (χ0v) is 11.3. The molecule has 1 aromatic rings. The van der Waals surface area contributed by atoms with Crippen LogP contribution in [0.5, 0.6) is 0 Å². The Morgan fingerprint density at radius 3 is 2.47 bits per heavy atom. The molecule has 0 aliphatic carbocycles. The van der Waals surface area contributed by atoms with Crippen molar-refractivity contribution in [2.75, 3.05) is 27.2 Å². The third-order valence-electron chi connectivity index (χ3n) is 2.46. The Hall–Kier alpha value is -2.31. The van der Waals surface area contributed by atoms with Crippen LogP contribution in [0, 0.1) is 0 Å². The zero-order chi connectivity index (χ0) is 14.4. The number of aryl methyl sites for hydroxylation is 1. The lowest BCUT2D eigenvalue weighted by atomic mass is 10.2. The maximum atomic E-state index is 11.7. The highest BCUT2D eigenvalue weighted by atomic mass is 16.2. The van der Waals surface area contributed by atoms with Gasteiger partial charge in [0.25, 0.3) is 11.5 Å². The lowest BCUT2D eigenvalue weighted by Crippen LogP contribution is -2.39. The molecule has 19 heavy (non-hydrogen) atoms. The molecule has 0 unspecified atom stereocenters. The third-order valence-corrected chi connectivity index (χ3v) is 2.46. The predicted octanol–water partition coefficient (Wildman–Crippen LogP) is -0.614. The molecule has 0 saturated carbocycles. The number of amides is 3. The smallest absolute Gasteiger partial charge is 0.316 e. The summed E-state index contributed by atoms with van der Waals surface area (Å²) >= 11 is 0. The highest BCUT2D eigenvalue weighted by molar-refractivity contribution is 5.93. The first-order valence-corrected chi connectivity index (χ1v) is 5.82. The van der Waals surface area contributed by atoms with Crippen molar-refractivity contribution in [2.45, 2.75) is 0 Å². The monoisotopic (exact) mass is 266 g/mol. The fourth-order valence-corrected chi connectivity index (χ4v) is 1.30. The summed E-state index contributed by atoms with van der Waals surface area (Å²) in [5.74, 6) is -0.336. The topological polar surface area (TPSA) is 83.4 Å². The largest absolute Gasteiger partial charge is 0.350 e. The van der Waals surface area contributed by atoms with Crippen LogP contribution in [0.2, 0.25) is 0 Å². The number of hydrogen-bond acceptors (Lipinski definition) is 3. The molecule has 0 radical (unpaired) electrons. The number of carbonyl (C=O) groups is 2. The summed E-state index contributed by atoms with van der Waals surface area (Å²) in [5.41, 5.74) is 0.0654. The Labute approximate surface area is 111 Å². The maximum absolute atomic E-state index is 11.7. The summed E-state index contributed by atoms with van der Waals surface area (Å²) in [4.78, 5) is 35.7. The molecule has 1 heterocycles. The van der Waals surface area contributed by atoms with Gasteiger partial charge in [0.15, 0.2) is 0 Å². The van der Waals surface area contributed by atoms with E-state index in [9.17, 15) is 14.4 Å².